The molecule has 0 bridgehead atoms. The van der Waals surface area contributed by atoms with Crippen molar-refractivity contribution in [2.24, 2.45) is 13.0 Å². The first-order chi connectivity index (χ1) is 11.4. The van der Waals surface area contributed by atoms with Gasteiger partial charge in [0.1, 0.15) is 5.69 Å². The first-order valence-corrected chi connectivity index (χ1v) is 7.90. The molecule has 1 atom stereocenters. The van der Waals surface area contributed by atoms with Gasteiger partial charge in [-0.3, -0.25) is 0 Å². The van der Waals surface area contributed by atoms with Crippen LogP contribution in [0.3, 0.4) is 0 Å². The van der Waals surface area contributed by atoms with Gasteiger partial charge in [0, 0.05) is 13.2 Å². The Morgan fingerprint density at radius 1 is 1.21 bits per heavy atom. The van der Waals surface area contributed by atoms with Gasteiger partial charge in [0.05, 0.1) is 11.0 Å². The fourth-order valence-electron chi connectivity index (χ4n) is 3.42. The molecule has 1 saturated carbocycles. The van der Waals surface area contributed by atoms with Crippen LogP contribution in [0.25, 0.3) is 22.6 Å². The molecule has 4 rings (SSSR count). The summed E-state index contributed by atoms with van der Waals surface area (Å²) >= 11 is 0. The van der Waals surface area contributed by atoms with Gasteiger partial charge in [-0.2, -0.15) is 18.3 Å². The lowest BCUT2D eigenvalue weighted by molar-refractivity contribution is -0.175. The lowest BCUT2D eigenvalue weighted by Crippen LogP contribution is -2.30. The third-order valence-electron chi connectivity index (χ3n) is 4.66. The van der Waals surface area contributed by atoms with Crippen LogP contribution in [0, 0.1) is 12.8 Å². The Morgan fingerprint density at radius 3 is 2.58 bits per heavy atom. The second-order valence-corrected chi connectivity index (χ2v) is 6.42. The summed E-state index contributed by atoms with van der Waals surface area (Å²) < 4.78 is 43.6. The van der Waals surface area contributed by atoms with Crippen molar-refractivity contribution in [2.45, 2.75) is 32.0 Å². The van der Waals surface area contributed by atoms with Crippen molar-refractivity contribution < 1.29 is 13.2 Å². The molecular formula is C17H17F3N4. The third-order valence-corrected chi connectivity index (χ3v) is 4.66. The van der Waals surface area contributed by atoms with Crippen molar-refractivity contribution in [1.29, 1.82) is 0 Å². The minimum atomic E-state index is -4.32. The Morgan fingerprint density at radius 2 is 1.96 bits per heavy atom. The molecule has 3 aromatic rings. The number of para-hydroxylation sites is 1. The number of alkyl halides is 3. The molecule has 4 nitrogen and oxygen atoms in total. The van der Waals surface area contributed by atoms with Crippen LogP contribution in [0.4, 0.5) is 13.2 Å². The van der Waals surface area contributed by atoms with Gasteiger partial charge >= 0.3 is 6.18 Å². The molecule has 0 amide bonds. The fourth-order valence-corrected chi connectivity index (χ4v) is 3.42. The van der Waals surface area contributed by atoms with Gasteiger partial charge in [-0.15, -0.1) is 0 Å². The van der Waals surface area contributed by atoms with Crippen LogP contribution in [-0.4, -0.2) is 25.5 Å². The van der Waals surface area contributed by atoms with E-state index < -0.39 is 12.2 Å². The number of fused-ring (bicyclic) bond motifs is 1. The number of benzene rings is 1. The largest absolute Gasteiger partial charge is 0.411 e. The molecule has 0 N–H and O–H groups in total. The van der Waals surface area contributed by atoms with Crippen molar-refractivity contribution in [2.75, 3.05) is 0 Å². The minimum absolute atomic E-state index is 0.389. The molecule has 0 aliphatic heterocycles. The molecule has 2 aromatic heterocycles. The highest BCUT2D eigenvalue weighted by Crippen LogP contribution is 2.49. The van der Waals surface area contributed by atoms with Crippen molar-refractivity contribution in [1.82, 2.24) is 19.3 Å². The average Bonchev–Trinajstić information content (AvgIpc) is 3.09. The van der Waals surface area contributed by atoms with Gasteiger partial charge in [-0.25, -0.2) is 9.67 Å². The second kappa shape index (κ2) is 5.09. The predicted molar refractivity (Wildman–Crippen MR) is 84.5 cm³/mol. The Kier molecular flexibility index (Phi) is 3.23. The van der Waals surface area contributed by atoms with E-state index >= 15 is 0 Å². The standard InChI is InChI=1S/C17H17F3N4/c1-10-4-3-5-12-14(10)23(2)16(22-12)13-8-9-21-24(13)15(11-6-7-11)17(18,19)20/h3-5,8-9,11,15H,6-7H2,1-2H3. The van der Waals surface area contributed by atoms with E-state index in [1.807, 2.05) is 36.7 Å². The van der Waals surface area contributed by atoms with E-state index in [0.717, 1.165) is 21.3 Å². The number of nitrogens with zero attached hydrogens (tertiary/aromatic N) is 4. The Balaban J connectivity index is 1.89. The van der Waals surface area contributed by atoms with E-state index in [1.54, 1.807) is 6.07 Å². The summed E-state index contributed by atoms with van der Waals surface area (Å²) in [6.45, 7) is 1.97. The van der Waals surface area contributed by atoms with Crippen LogP contribution in [0.5, 0.6) is 0 Å². The number of aromatic nitrogens is 4. The number of halogens is 3. The summed E-state index contributed by atoms with van der Waals surface area (Å²) in [5.74, 6) is 0.117. The SMILES string of the molecule is Cc1cccc2nc(-c3ccnn3C(C3CC3)C(F)(F)F)n(C)c12. The number of aryl methyl sites for hydroxylation is 2. The molecule has 126 valence electrons. The highest BCUT2D eigenvalue weighted by molar-refractivity contribution is 5.82. The molecule has 1 unspecified atom stereocenters. The highest BCUT2D eigenvalue weighted by atomic mass is 19.4. The molecule has 1 aliphatic carbocycles. The van der Waals surface area contributed by atoms with Crippen molar-refractivity contribution >= 4 is 11.0 Å². The fraction of sp³-hybridized carbons (Fsp3) is 0.412. The third kappa shape index (κ3) is 2.30. The summed E-state index contributed by atoms with van der Waals surface area (Å²) in [4.78, 5) is 4.56. The summed E-state index contributed by atoms with van der Waals surface area (Å²) in [7, 11) is 1.83. The summed E-state index contributed by atoms with van der Waals surface area (Å²) in [6, 6.07) is 5.76. The van der Waals surface area contributed by atoms with Crippen LogP contribution in [0.2, 0.25) is 0 Å². The van der Waals surface area contributed by atoms with Gasteiger partial charge in [-0.05, 0) is 43.4 Å². The van der Waals surface area contributed by atoms with Gasteiger partial charge in [0.25, 0.3) is 0 Å². The van der Waals surface area contributed by atoms with Crippen LogP contribution in [0.15, 0.2) is 30.5 Å². The average molecular weight is 334 g/mol. The molecule has 0 saturated heterocycles. The lowest BCUT2D eigenvalue weighted by atomic mass is 10.1. The Labute approximate surface area is 136 Å². The van der Waals surface area contributed by atoms with E-state index in [-0.39, 0.29) is 5.92 Å². The highest BCUT2D eigenvalue weighted by Gasteiger charge is 2.51. The topological polar surface area (TPSA) is 35.6 Å². The predicted octanol–water partition coefficient (Wildman–Crippen LogP) is 4.26. The monoisotopic (exact) mass is 334 g/mol. The zero-order valence-electron chi connectivity index (χ0n) is 13.4. The van der Waals surface area contributed by atoms with Gasteiger partial charge < -0.3 is 4.57 Å². The molecule has 1 aromatic carbocycles. The summed E-state index contributed by atoms with van der Waals surface area (Å²) in [6.07, 6.45) is -1.72. The zero-order chi connectivity index (χ0) is 17.1. The maximum Gasteiger partial charge on any atom is 0.411 e. The van der Waals surface area contributed by atoms with Crippen LogP contribution in [-0.2, 0) is 7.05 Å². The van der Waals surface area contributed by atoms with Gasteiger partial charge in [0.2, 0.25) is 0 Å². The number of imidazole rings is 1. The molecule has 1 fully saturated rings. The number of hydrogen-bond donors (Lipinski definition) is 0. The first kappa shape index (κ1) is 15.2. The van der Waals surface area contributed by atoms with E-state index in [9.17, 15) is 13.2 Å². The van der Waals surface area contributed by atoms with Crippen molar-refractivity contribution in [3.05, 3.63) is 36.0 Å². The van der Waals surface area contributed by atoms with E-state index in [4.69, 9.17) is 0 Å². The molecule has 1 aliphatic rings. The molecule has 7 heteroatoms. The number of rotatable bonds is 3. The Hall–Kier alpha value is -2.31. The van der Waals surface area contributed by atoms with Gasteiger partial charge in [0.15, 0.2) is 11.9 Å². The minimum Gasteiger partial charge on any atom is -0.326 e. The maximum absolute atomic E-state index is 13.6. The van der Waals surface area contributed by atoms with E-state index in [2.05, 4.69) is 10.1 Å². The van der Waals surface area contributed by atoms with Crippen LogP contribution in [0.1, 0.15) is 24.4 Å². The van der Waals surface area contributed by atoms with Crippen LogP contribution >= 0.6 is 0 Å². The molecular weight excluding hydrogens is 317 g/mol. The summed E-state index contributed by atoms with van der Waals surface area (Å²) in [5.41, 5.74) is 3.14. The molecule has 24 heavy (non-hydrogen) atoms. The van der Waals surface area contributed by atoms with Crippen molar-refractivity contribution in [3.63, 3.8) is 0 Å². The maximum atomic E-state index is 13.6. The molecule has 2 heterocycles. The lowest BCUT2D eigenvalue weighted by Gasteiger charge is -2.22. The molecule has 0 radical (unpaired) electrons. The summed E-state index contributed by atoms with van der Waals surface area (Å²) in [5, 5.41) is 4.00. The molecule has 0 spiro atoms. The van der Waals surface area contributed by atoms with E-state index in [1.165, 1.54) is 6.20 Å². The Bertz CT molecular complexity index is 902. The zero-order valence-corrected chi connectivity index (χ0v) is 13.4. The number of hydrogen-bond acceptors (Lipinski definition) is 2. The smallest absolute Gasteiger partial charge is 0.326 e. The van der Waals surface area contributed by atoms with E-state index in [0.29, 0.717) is 24.4 Å². The first-order valence-electron chi connectivity index (χ1n) is 7.90. The van der Waals surface area contributed by atoms with Crippen molar-refractivity contribution in [3.8, 4) is 11.5 Å². The normalized spacial score (nSPS) is 16.7. The van der Waals surface area contributed by atoms with Gasteiger partial charge in [-0.1, -0.05) is 12.1 Å². The quantitative estimate of drug-likeness (QED) is 0.717. The second-order valence-electron chi connectivity index (χ2n) is 6.42. The van der Waals surface area contributed by atoms with Crippen LogP contribution < -0.4 is 0 Å².